The third-order valence-electron chi connectivity index (χ3n) is 1.86. The molecule has 2 rings (SSSR count). The third-order valence-corrected chi connectivity index (χ3v) is 3.88. The van der Waals surface area contributed by atoms with Gasteiger partial charge >= 0.3 is 0 Å². The largest absolute Gasteiger partial charge is 0.207 e. The summed E-state index contributed by atoms with van der Waals surface area (Å²) in [6.45, 7) is 0. The molecule has 0 amide bonds. The Hall–Kier alpha value is -0.800. The molecule has 2 aromatic carbocycles. The highest BCUT2D eigenvalue weighted by Gasteiger charge is 2.03. The monoisotopic (exact) mass is 282 g/mol. The smallest absolute Gasteiger partial charge is 0.124 e. The van der Waals surface area contributed by atoms with E-state index in [-0.39, 0.29) is 5.82 Å². The van der Waals surface area contributed by atoms with Gasteiger partial charge in [0.2, 0.25) is 0 Å². The zero-order valence-corrected chi connectivity index (χ0v) is 10.2. The van der Waals surface area contributed by atoms with E-state index < -0.39 is 0 Å². The maximum atomic E-state index is 13.0. The number of benzene rings is 2. The number of hydrogen-bond acceptors (Lipinski definition) is 1. The lowest BCUT2D eigenvalue weighted by atomic mass is 10.3. The minimum Gasteiger partial charge on any atom is -0.207 e. The lowest BCUT2D eigenvalue weighted by molar-refractivity contribution is 0.623. The van der Waals surface area contributed by atoms with Gasteiger partial charge < -0.3 is 0 Å². The average molecular weight is 283 g/mol. The molecule has 0 fully saturated rings. The van der Waals surface area contributed by atoms with Crippen molar-refractivity contribution in [3.63, 3.8) is 0 Å². The number of rotatable bonds is 2. The van der Waals surface area contributed by atoms with Gasteiger partial charge in [-0.05, 0) is 46.3 Å². The summed E-state index contributed by atoms with van der Waals surface area (Å²) in [5.74, 6) is -0.211. The van der Waals surface area contributed by atoms with Crippen molar-refractivity contribution in [2.45, 2.75) is 9.79 Å². The van der Waals surface area contributed by atoms with Crippen LogP contribution in [-0.4, -0.2) is 0 Å². The number of hydrogen-bond donors (Lipinski definition) is 0. The minimum atomic E-state index is -0.211. The maximum Gasteiger partial charge on any atom is 0.124 e. The van der Waals surface area contributed by atoms with Crippen molar-refractivity contribution in [3.05, 3.63) is 58.8 Å². The summed E-state index contributed by atoms with van der Waals surface area (Å²) in [6, 6.07) is 14.6. The van der Waals surface area contributed by atoms with Crippen LogP contribution in [0, 0.1) is 5.82 Å². The van der Waals surface area contributed by atoms with Gasteiger partial charge in [0.15, 0.2) is 0 Å². The van der Waals surface area contributed by atoms with E-state index in [1.54, 1.807) is 17.8 Å². The molecular weight excluding hydrogens is 275 g/mol. The Morgan fingerprint density at radius 3 is 2.47 bits per heavy atom. The van der Waals surface area contributed by atoms with Gasteiger partial charge in [-0.15, -0.1) is 0 Å². The van der Waals surface area contributed by atoms with Crippen LogP contribution in [-0.2, 0) is 0 Å². The highest BCUT2D eigenvalue weighted by molar-refractivity contribution is 9.10. The molecule has 2 aromatic rings. The van der Waals surface area contributed by atoms with Gasteiger partial charge in [0.05, 0.1) is 0 Å². The van der Waals surface area contributed by atoms with Crippen LogP contribution >= 0.6 is 27.7 Å². The first-order valence-electron chi connectivity index (χ1n) is 4.43. The molecule has 0 bridgehead atoms. The van der Waals surface area contributed by atoms with Gasteiger partial charge in [0.25, 0.3) is 0 Å². The van der Waals surface area contributed by atoms with Crippen molar-refractivity contribution in [2.75, 3.05) is 0 Å². The van der Waals surface area contributed by atoms with Crippen LogP contribution in [0.5, 0.6) is 0 Å². The fourth-order valence-corrected chi connectivity index (χ4v) is 2.54. The first-order valence-corrected chi connectivity index (χ1v) is 6.04. The molecule has 0 nitrogen and oxygen atoms in total. The van der Waals surface area contributed by atoms with E-state index in [9.17, 15) is 4.39 Å². The Kier molecular flexibility index (Phi) is 3.44. The summed E-state index contributed by atoms with van der Waals surface area (Å²) in [5.41, 5.74) is 0. The maximum absolute atomic E-state index is 13.0. The van der Waals surface area contributed by atoms with Crippen LogP contribution in [0.3, 0.4) is 0 Å². The van der Waals surface area contributed by atoms with E-state index in [1.165, 1.54) is 12.1 Å². The first-order chi connectivity index (χ1) is 7.25. The van der Waals surface area contributed by atoms with Gasteiger partial charge in [0.1, 0.15) is 5.82 Å². The summed E-state index contributed by atoms with van der Waals surface area (Å²) in [4.78, 5) is 1.99. The molecule has 0 atom stereocenters. The van der Waals surface area contributed by atoms with Gasteiger partial charge in [-0.3, -0.25) is 0 Å². The average Bonchev–Trinajstić information content (AvgIpc) is 2.25. The Morgan fingerprint density at radius 1 is 1.00 bits per heavy atom. The summed E-state index contributed by atoms with van der Waals surface area (Å²) in [6.07, 6.45) is 0. The molecule has 15 heavy (non-hydrogen) atoms. The molecule has 0 N–H and O–H groups in total. The fraction of sp³-hybridized carbons (Fsp3) is 0. The van der Waals surface area contributed by atoms with Gasteiger partial charge in [-0.25, -0.2) is 4.39 Å². The molecule has 0 aliphatic rings. The molecule has 0 radical (unpaired) electrons. The van der Waals surface area contributed by atoms with E-state index >= 15 is 0 Å². The molecule has 76 valence electrons. The van der Waals surface area contributed by atoms with Crippen LogP contribution in [0.2, 0.25) is 0 Å². The summed E-state index contributed by atoms with van der Waals surface area (Å²) >= 11 is 4.94. The summed E-state index contributed by atoms with van der Waals surface area (Å²) in [5, 5.41) is 0. The van der Waals surface area contributed by atoms with Crippen LogP contribution < -0.4 is 0 Å². The van der Waals surface area contributed by atoms with Crippen molar-refractivity contribution in [1.29, 1.82) is 0 Å². The van der Waals surface area contributed by atoms with Crippen LogP contribution in [0.1, 0.15) is 0 Å². The van der Waals surface area contributed by atoms with Crippen molar-refractivity contribution in [2.24, 2.45) is 0 Å². The van der Waals surface area contributed by atoms with Crippen molar-refractivity contribution in [3.8, 4) is 0 Å². The summed E-state index contributed by atoms with van der Waals surface area (Å²) in [7, 11) is 0. The zero-order chi connectivity index (χ0) is 10.7. The Labute approximate surface area is 101 Å². The van der Waals surface area contributed by atoms with Crippen molar-refractivity contribution >= 4 is 27.7 Å². The Balaban J connectivity index is 2.28. The quantitative estimate of drug-likeness (QED) is 0.767. The van der Waals surface area contributed by atoms with Crippen LogP contribution in [0.15, 0.2) is 62.8 Å². The Bertz CT molecular complexity index is 456. The molecular formula is C12H8BrFS. The second-order valence-corrected chi connectivity index (χ2v) is 4.96. The molecule has 0 saturated carbocycles. The van der Waals surface area contributed by atoms with Gasteiger partial charge in [-0.1, -0.05) is 30.0 Å². The second-order valence-electron chi connectivity index (χ2n) is 2.99. The second kappa shape index (κ2) is 4.81. The van der Waals surface area contributed by atoms with E-state index in [0.717, 1.165) is 14.3 Å². The Morgan fingerprint density at radius 2 is 1.73 bits per heavy atom. The zero-order valence-electron chi connectivity index (χ0n) is 7.78. The van der Waals surface area contributed by atoms with E-state index in [4.69, 9.17) is 0 Å². The van der Waals surface area contributed by atoms with E-state index in [1.807, 2.05) is 30.3 Å². The predicted octanol–water partition coefficient (Wildman–Crippen LogP) is 4.74. The predicted molar refractivity (Wildman–Crippen MR) is 64.7 cm³/mol. The van der Waals surface area contributed by atoms with E-state index in [0.29, 0.717) is 0 Å². The van der Waals surface area contributed by atoms with E-state index in [2.05, 4.69) is 15.9 Å². The number of halogens is 2. The molecule has 0 aliphatic carbocycles. The normalized spacial score (nSPS) is 10.3. The molecule has 3 heteroatoms. The van der Waals surface area contributed by atoms with Crippen LogP contribution in [0.4, 0.5) is 4.39 Å². The molecule has 0 unspecified atom stereocenters. The van der Waals surface area contributed by atoms with Crippen molar-refractivity contribution < 1.29 is 4.39 Å². The lowest BCUT2D eigenvalue weighted by Crippen LogP contribution is -1.79. The minimum absolute atomic E-state index is 0.211. The van der Waals surface area contributed by atoms with Crippen LogP contribution in [0.25, 0.3) is 0 Å². The standard InChI is InChI=1S/C12H8BrFS/c13-11-7-6-9(14)8-12(11)15-10-4-2-1-3-5-10/h1-8H. The fourth-order valence-electron chi connectivity index (χ4n) is 1.17. The molecule has 0 aromatic heterocycles. The lowest BCUT2D eigenvalue weighted by Gasteiger charge is -2.03. The highest BCUT2D eigenvalue weighted by Crippen LogP contribution is 2.33. The SMILES string of the molecule is Fc1ccc(Br)c(Sc2ccccc2)c1. The molecule has 0 saturated heterocycles. The van der Waals surface area contributed by atoms with Crippen molar-refractivity contribution in [1.82, 2.24) is 0 Å². The topological polar surface area (TPSA) is 0 Å². The molecule has 0 aliphatic heterocycles. The van der Waals surface area contributed by atoms with Gasteiger partial charge in [0, 0.05) is 14.3 Å². The third kappa shape index (κ3) is 2.83. The summed E-state index contributed by atoms with van der Waals surface area (Å²) < 4.78 is 13.9. The van der Waals surface area contributed by atoms with Gasteiger partial charge in [-0.2, -0.15) is 0 Å². The highest BCUT2D eigenvalue weighted by atomic mass is 79.9. The molecule has 0 spiro atoms. The first kappa shape index (κ1) is 10.7. The molecule has 0 heterocycles.